The second-order valence-corrected chi connectivity index (χ2v) is 5.73. The first-order valence-corrected chi connectivity index (χ1v) is 7.87. The lowest BCUT2D eigenvalue weighted by Gasteiger charge is -2.21. The highest BCUT2D eigenvalue weighted by molar-refractivity contribution is 9.10. The van der Waals surface area contributed by atoms with Crippen LogP contribution in [0.3, 0.4) is 0 Å². The lowest BCUT2D eigenvalue weighted by molar-refractivity contribution is 0.630. The monoisotopic (exact) mass is 328 g/mol. The van der Waals surface area contributed by atoms with Crippen LogP contribution in [0.4, 0.5) is 11.8 Å². The maximum atomic E-state index is 4.73. The van der Waals surface area contributed by atoms with Crippen LogP contribution in [0.2, 0.25) is 0 Å². The molecule has 0 fully saturated rings. The molecule has 0 aliphatic heterocycles. The van der Waals surface area contributed by atoms with Crippen LogP contribution in [-0.2, 0) is 6.42 Å². The summed E-state index contributed by atoms with van der Waals surface area (Å²) in [6, 6.07) is 0. The van der Waals surface area contributed by atoms with E-state index in [1.165, 1.54) is 0 Å². The van der Waals surface area contributed by atoms with Crippen LogP contribution in [0.5, 0.6) is 0 Å². The van der Waals surface area contributed by atoms with Gasteiger partial charge in [0.1, 0.15) is 5.82 Å². The van der Waals surface area contributed by atoms with Gasteiger partial charge in [-0.25, -0.2) is 4.98 Å². The molecule has 4 nitrogen and oxygen atoms in total. The van der Waals surface area contributed by atoms with Crippen molar-refractivity contribution in [2.45, 2.75) is 41.0 Å². The third kappa shape index (κ3) is 4.34. The Hall–Kier alpha value is -0.840. The number of hydrogen-bond donors (Lipinski definition) is 1. The average molecular weight is 329 g/mol. The zero-order chi connectivity index (χ0) is 14.4. The van der Waals surface area contributed by atoms with Crippen LogP contribution in [0.25, 0.3) is 0 Å². The highest BCUT2D eigenvalue weighted by atomic mass is 79.9. The van der Waals surface area contributed by atoms with Gasteiger partial charge in [-0.1, -0.05) is 13.8 Å². The van der Waals surface area contributed by atoms with Crippen LogP contribution in [0.1, 0.15) is 40.3 Å². The maximum absolute atomic E-state index is 4.73. The summed E-state index contributed by atoms with van der Waals surface area (Å²) in [4.78, 5) is 11.5. The Labute approximate surface area is 125 Å². The van der Waals surface area contributed by atoms with Gasteiger partial charge in [0.05, 0.1) is 10.2 Å². The minimum atomic E-state index is 0.574. The molecule has 0 aliphatic carbocycles. The van der Waals surface area contributed by atoms with Crippen molar-refractivity contribution in [3.05, 3.63) is 10.2 Å². The van der Waals surface area contributed by atoms with E-state index in [2.05, 4.69) is 65.7 Å². The molecule has 0 radical (unpaired) electrons. The predicted molar refractivity (Wildman–Crippen MR) is 86.0 cm³/mol. The highest BCUT2D eigenvalue weighted by Gasteiger charge is 2.15. The number of hydrogen-bond acceptors (Lipinski definition) is 4. The Morgan fingerprint density at radius 2 is 1.79 bits per heavy atom. The molecular formula is C14H25BrN4. The van der Waals surface area contributed by atoms with Crippen LogP contribution < -0.4 is 10.2 Å². The van der Waals surface area contributed by atoms with Crippen LogP contribution >= 0.6 is 15.9 Å². The quantitative estimate of drug-likeness (QED) is 0.828. The molecule has 0 saturated carbocycles. The summed E-state index contributed by atoms with van der Waals surface area (Å²) in [5.41, 5.74) is 1.09. The Bertz CT molecular complexity index is 403. The number of nitrogens with zero attached hydrogens (tertiary/aromatic N) is 3. The first-order valence-electron chi connectivity index (χ1n) is 7.08. The summed E-state index contributed by atoms with van der Waals surface area (Å²) in [6.07, 6.45) is 0.954. The fraction of sp³-hybridized carbons (Fsp3) is 0.714. The minimum Gasteiger partial charge on any atom is -0.369 e. The highest BCUT2D eigenvalue weighted by Crippen LogP contribution is 2.28. The average Bonchev–Trinajstić information content (AvgIpc) is 2.36. The van der Waals surface area contributed by atoms with Crippen LogP contribution in [0.15, 0.2) is 4.47 Å². The fourth-order valence-electron chi connectivity index (χ4n) is 1.93. The van der Waals surface area contributed by atoms with Gasteiger partial charge in [0.15, 0.2) is 0 Å². The molecule has 108 valence electrons. The number of anilines is 2. The lowest BCUT2D eigenvalue weighted by atomic mass is 10.1. The number of nitrogens with one attached hydrogen (secondary N) is 1. The third-order valence-corrected chi connectivity index (χ3v) is 3.73. The van der Waals surface area contributed by atoms with Crippen molar-refractivity contribution in [1.82, 2.24) is 9.97 Å². The minimum absolute atomic E-state index is 0.574. The van der Waals surface area contributed by atoms with Gasteiger partial charge in [0.25, 0.3) is 0 Å². The molecule has 0 aromatic carbocycles. The van der Waals surface area contributed by atoms with Gasteiger partial charge in [-0.2, -0.15) is 4.98 Å². The normalized spacial score (nSPS) is 10.9. The van der Waals surface area contributed by atoms with Crippen molar-refractivity contribution in [3.8, 4) is 0 Å². The van der Waals surface area contributed by atoms with Crippen molar-refractivity contribution < 1.29 is 0 Å². The number of halogens is 1. The summed E-state index contributed by atoms with van der Waals surface area (Å²) in [6.45, 7) is 13.4. The Morgan fingerprint density at radius 1 is 1.16 bits per heavy atom. The van der Waals surface area contributed by atoms with E-state index in [-0.39, 0.29) is 0 Å². The molecule has 19 heavy (non-hydrogen) atoms. The van der Waals surface area contributed by atoms with Crippen molar-refractivity contribution >= 4 is 27.7 Å². The first-order chi connectivity index (χ1) is 9.03. The van der Waals surface area contributed by atoms with Gasteiger partial charge in [-0.15, -0.1) is 0 Å². The van der Waals surface area contributed by atoms with Gasteiger partial charge in [0, 0.05) is 19.6 Å². The van der Waals surface area contributed by atoms with Crippen LogP contribution in [-0.4, -0.2) is 29.6 Å². The summed E-state index contributed by atoms with van der Waals surface area (Å²) >= 11 is 3.63. The zero-order valence-corrected chi connectivity index (χ0v) is 14.2. The van der Waals surface area contributed by atoms with Crippen molar-refractivity contribution in [1.29, 1.82) is 0 Å². The van der Waals surface area contributed by atoms with E-state index in [4.69, 9.17) is 4.98 Å². The second-order valence-electron chi connectivity index (χ2n) is 4.93. The molecule has 0 aliphatic rings. The van der Waals surface area contributed by atoms with E-state index >= 15 is 0 Å². The molecule has 0 unspecified atom stereocenters. The topological polar surface area (TPSA) is 41.1 Å². The Balaban J connectivity index is 3.21. The smallest absolute Gasteiger partial charge is 0.227 e. The summed E-state index contributed by atoms with van der Waals surface area (Å²) in [5, 5.41) is 3.31. The Kier molecular flexibility index (Phi) is 6.55. The molecule has 1 aromatic rings. The summed E-state index contributed by atoms with van der Waals surface area (Å²) in [7, 11) is 0. The van der Waals surface area contributed by atoms with Crippen molar-refractivity contribution in [2.24, 2.45) is 5.92 Å². The van der Waals surface area contributed by atoms with Gasteiger partial charge < -0.3 is 10.2 Å². The van der Waals surface area contributed by atoms with Gasteiger partial charge in [0.2, 0.25) is 5.95 Å². The van der Waals surface area contributed by atoms with Gasteiger partial charge >= 0.3 is 0 Å². The molecule has 0 amide bonds. The molecule has 1 aromatic heterocycles. The molecule has 5 heteroatoms. The predicted octanol–water partition coefficient (Wildman–Crippen LogP) is 3.72. The van der Waals surface area contributed by atoms with Crippen LogP contribution in [0, 0.1) is 5.92 Å². The Morgan fingerprint density at radius 3 is 2.26 bits per heavy atom. The lowest BCUT2D eigenvalue weighted by Crippen LogP contribution is -2.25. The van der Waals surface area contributed by atoms with Gasteiger partial charge in [-0.05, 0) is 49.0 Å². The largest absolute Gasteiger partial charge is 0.369 e. The zero-order valence-electron chi connectivity index (χ0n) is 12.6. The molecule has 0 atom stereocenters. The number of aromatic nitrogens is 2. The van der Waals surface area contributed by atoms with Crippen molar-refractivity contribution in [2.75, 3.05) is 29.9 Å². The molecular weight excluding hydrogens is 304 g/mol. The molecule has 0 bridgehead atoms. The van der Waals surface area contributed by atoms with E-state index < -0.39 is 0 Å². The SMILES string of the molecule is CCNc1nc(N(CC)CC)nc(CC(C)C)c1Br. The molecule has 0 saturated heterocycles. The third-order valence-electron chi connectivity index (χ3n) is 2.90. The fourth-order valence-corrected chi connectivity index (χ4v) is 2.41. The van der Waals surface area contributed by atoms with E-state index in [0.717, 1.165) is 48.0 Å². The van der Waals surface area contributed by atoms with Crippen molar-refractivity contribution in [3.63, 3.8) is 0 Å². The summed E-state index contributed by atoms with van der Waals surface area (Å²) in [5.74, 6) is 2.29. The first kappa shape index (κ1) is 16.2. The van der Waals surface area contributed by atoms with E-state index in [9.17, 15) is 0 Å². The van der Waals surface area contributed by atoms with E-state index in [1.807, 2.05) is 0 Å². The summed E-state index contributed by atoms with van der Waals surface area (Å²) < 4.78 is 0.999. The molecule has 0 spiro atoms. The molecule has 1 N–H and O–H groups in total. The van der Waals surface area contributed by atoms with Gasteiger partial charge in [-0.3, -0.25) is 0 Å². The second kappa shape index (κ2) is 7.68. The van der Waals surface area contributed by atoms with E-state index in [0.29, 0.717) is 5.92 Å². The molecule has 1 rings (SSSR count). The van der Waals surface area contributed by atoms with E-state index in [1.54, 1.807) is 0 Å². The molecule has 1 heterocycles. The standard InChI is InChI=1S/C14H25BrN4/c1-6-16-13-12(15)11(9-10(4)5)17-14(18-13)19(7-2)8-3/h10H,6-9H2,1-5H3,(H,16,17,18). The maximum Gasteiger partial charge on any atom is 0.227 e. The number of rotatable bonds is 7.